The van der Waals surface area contributed by atoms with E-state index in [9.17, 15) is 4.79 Å². The molecule has 0 saturated carbocycles. The number of hydrogen-bond donors (Lipinski definition) is 0. The van der Waals surface area contributed by atoms with E-state index in [1.165, 1.54) is 5.56 Å². The Bertz CT molecular complexity index is 634. The topological polar surface area (TPSA) is 20.3 Å². The molecule has 0 bridgehead atoms. The monoisotopic (exact) mass is 345 g/mol. The minimum Gasteiger partial charge on any atom is -0.337 e. The molecule has 21 heavy (non-hydrogen) atoms. The molecule has 110 valence electrons. The van der Waals surface area contributed by atoms with Gasteiger partial charge in [-0.3, -0.25) is 4.79 Å². The summed E-state index contributed by atoms with van der Waals surface area (Å²) >= 11 is 3.46. The van der Waals surface area contributed by atoms with Crippen LogP contribution in [0.5, 0.6) is 0 Å². The fourth-order valence-electron chi connectivity index (χ4n) is 2.23. The smallest absolute Gasteiger partial charge is 0.255 e. The molecule has 0 aliphatic carbocycles. The van der Waals surface area contributed by atoms with Crippen LogP contribution >= 0.6 is 15.9 Å². The van der Waals surface area contributed by atoms with Crippen LogP contribution in [0.3, 0.4) is 0 Å². The molecule has 0 aromatic heterocycles. The van der Waals surface area contributed by atoms with Crippen LogP contribution in [-0.4, -0.2) is 17.9 Å². The second kappa shape index (κ2) is 6.90. The second-order valence-corrected chi connectivity index (χ2v) is 6.17. The quantitative estimate of drug-likeness (QED) is 0.793. The number of halogens is 1. The van der Waals surface area contributed by atoms with E-state index < -0.39 is 0 Å². The number of carbonyl (C=O) groups is 1. The number of amides is 1. The van der Waals surface area contributed by atoms with Crippen molar-refractivity contribution in [1.29, 1.82) is 0 Å². The summed E-state index contributed by atoms with van der Waals surface area (Å²) in [7, 11) is 1.84. The SMILES string of the molecule is CCc1ccc(CN(C)C(=O)c2cc(C)ccc2Br)cc1. The second-order valence-electron chi connectivity index (χ2n) is 5.31. The summed E-state index contributed by atoms with van der Waals surface area (Å²) in [6, 6.07) is 14.3. The van der Waals surface area contributed by atoms with Gasteiger partial charge >= 0.3 is 0 Å². The van der Waals surface area contributed by atoms with Crippen molar-refractivity contribution in [2.24, 2.45) is 0 Å². The van der Waals surface area contributed by atoms with Crippen LogP contribution in [0.4, 0.5) is 0 Å². The Morgan fingerprint density at radius 1 is 1.10 bits per heavy atom. The van der Waals surface area contributed by atoms with Crippen LogP contribution in [0.2, 0.25) is 0 Å². The molecule has 0 atom stereocenters. The Kier molecular flexibility index (Phi) is 5.18. The van der Waals surface area contributed by atoms with Gasteiger partial charge in [0.25, 0.3) is 5.91 Å². The summed E-state index contributed by atoms with van der Waals surface area (Å²) in [6.45, 7) is 4.75. The van der Waals surface area contributed by atoms with Crippen LogP contribution < -0.4 is 0 Å². The minimum absolute atomic E-state index is 0.0325. The summed E-state index contributed by atoms with van der Waals surface area (Å²) in [5, 5.41) is 0. The average molecular weight is 346 g/mol. The number of rotatable bonds is 4. The maximum atomic E-state index is 12.5. The van der Waals surface area contributed by atoms with Gasteiger partial charge in [-0.15, -0.1) is 0 Å². The zero-order valence-corrected chi connectivity index (χ0v) is 14.3. The van der Waals surface area contributed by atoms with Crippen LogP contribution in [-0.2, 0) is 13.0 Å². The first-order chi connectivity index (χ1) is 10.0. The highest BCUT2D eigenvalue weighted by molar-refractivity contribution is 9.10. The van der Waals surface area contributed by atoms with E-state index >= 15 is 0 Å². The van der Waals surface area contributed by atoms with E-state index in [2.05, 4.69) is 47.1 Å². The molecule has 0 N–H and O–H groups in total. The van der Waals surface area contributed by atoms with Gasteiger partial charge in [0.05, 0.1) is 5.56 Å². The standard InChI is InChI=1S/C18H20BrNO/c1-4-14-6-8-15(9-7-14)12-20(3)18(21)16-11-13(2)5-10-17(16)19/h5-11H,4,12H2,1-3H3. The molecule has 1 amide bonds. The highest BCUT2D eigenvalue weighted by atomic mass is 79.9. The van der Waals surface area contributed by atoms with Crippen molar-refractivity contribution in [3.63, 3.8) is 0 Å². The average Bonchev–Trinajstić information content (AvgIpc) is 2.49. The summed E-state index contributed by atoms with van der Waals surface area (Å²) in [5.74, 6) is 0.0325. The predicted molar refractivity (Wildman–Crippen MR) is 90.5 cm³/mol. The van der Waals surface area contributed by atoms with E-state index in [1.54, 1.807) is 4.90 Å². The molecular formula is C18H20BrNO. The molecule has 0 heterocycles. The summed E-state index contributed by atoms with van der Waals surface area (Å²) in [6.07, 6.45) is 1.03. The molecular weight excluding hydrogens is 326 g/mol. The molecule has 2 nitrogen and oxygen atoms in total. The third-order valence-electron chi connectivity index (χ3n) is 3.55. The van der Waals surface area contributed by atoms with Gasteiger partial charge in [-0.2, -0.15) is 0 Å². The third kappa shape index (κ3) is 3.94. The van der Waals surface area contributed by atoms with Gasteiger partial charge in [0.1, 0.15) is 0 Å². The number of aryl methyl sites for hydroxylation is 2. The van der Waals surface area contributed by atoms with E-state index in [0.717, 1.165) is 22.0 Å². The van der Waals surface area contributed by atoms with Crippen LogP contribution in [0, 0.1) is 6.92 Å². The van der Waals surface area contributed by atoms with Crippen molar-refractivity contribution < 1.29 is 4.79 Å². The Morgan fingerprint density at radius 3 is 2.33 bits per heavy atom. The van der Waals surface area contributed by atoms with Gasteiger partial charge in [0.2, 0.25) is 0 Å². The molecule has 0 radical (unpaired) electrons. The Balaban J connectivity index is 2.13. The lowest BCUT2D eigenvalue weighted by Gasteiger charge is -2.18. The van der Waals surface area contributed by atoms with E-state index in [4.69, 9.17) is 0 Å². The van der Waals surface area contributed by atoms with Crippen LogP contribution in [0.1, 0.15) is 34.0 Å². The van der Waals surface area contributed by atoms with E-state index in [0.29, 0.717) is 12.1 Å². The number of benzene rings is 2. The van der Waals surface area contributed by atoms with Gasteiger partial charge in [-0.05, 0) is 52.5 Å². The molecule has 0 spiro atoms. The zero-order valence-electron chi connectivity index (χ0n) is 12.7. The number of nitrogens with zero attached hydrogens (tertiary/aromatic N) is 1. The Labute approximate surface area is 134 Å². The molecule has 0 fully saturated rings. The summed E-state index contributed by atoms with van der Waals surface area (Å²) in [5.41, 5.74) is 4.26. The Hall–Kier alpha value is -1.61. The molecule has 0 unspecified atom stereocenters. The molecule has 2 aromatic rings. The first kappa shape index (κ1) is 15.8. The Morgan fingerprint density at radius 2 is 1.71 bits per heavy atom. The molecule has 2 aromatic carbocycles. The van der Waals surface area contributed by atoms with Gasteiger partial charge in [0, 0.05) is 18.1 Å². The maximum absolute atomic E-state index is 12.5. The fourth-order valence-corrected chi connectivity index (χ4v) is 2.65. The van der Waals surface area contributed by atoms with Gasteiger partial charge in [0.15, 0.2) is 0 Å². The molecule has 0 aliphatic rings. The van der Waals surface area contributed by atoms with Crippen molar-refractivity contribution in [2.45, 2.75) is 26.8 Å². The van der Waals surface area contributed by atoms with Gasteiger partial charge < -0.3 is 4.90 Å². The van der Waals surface area contributed by atoms with Crippen molar-refractivity contribution in [3.8, 4) is 0 Å². The normalized spacial score (nSPS) is 10.5. The van der Waals surface area contributed by atoms with E-state index in [1.807, 2.05) is 32.2 Å². The predicted octanol–water partition coefficient (Wildman–Crippen LogP) is 4.59. The number of carbonyl (C=O) groups excluding carboxylic acids is 1. The summed E-state index contributed by atoms with van der Waals surface area (Å²) in [4.78, 5) is 14.3. The fraction of sp³-hybridized carbons (Fsp3) is 0.278. The lowest BCUT2D eigenvalue weighted by atomic mass is 10.1. The first-order valence-corrected chi connectivity index (χ1v) is 7.90. The third-order valence-corrected chi connectivity index (χ3v) is 4.24. The van der Waals surface area contributed by atoms with Crippen molar-refractivity contribution in [3.05, 3.63) is 69.2 Å². The minimum atomic E-state index is 0.0325. The largest absolute Gasteiger partial charge is 0.337 e. The first-order valence-electron chi connectivity index (χ1n) is 7.10. The number of hydrogen-bond acceptors (Lipinski definition) is 1. The van der Waals surface area contributed by atoms with Crippen LogP contribution in [0.15, 0.2) is 46.9 Å². The molecule has 3 heteroatoms. The van der Waals surface area contributed by atoms with E-state index in [-0.39, 0.29) is 5.91 Å². The molecule has 0 saturated heterocycles. The van der Waals surface area contributed by atoms with Gasteiger partial charge in [-0.25, -0.2) is 0 Å². The van der Waals surface area contributed by atoms with Crippen molar-refractivity contribution in [1.82, 2.24) is 4.90 Å². The zero-order chi connectivity index (χ0) is 15.4. The lowest BCUT2D eigenvalue weighted by molar-refractivity contribution is 0.0784. The van der Waals surface area contributed by atoms with Crippen molar-refractivity contribution >= 4 is 21.8 Å². The highest BCUT2D eigenvalue weighted by Gasteiger charge is 2.15. The maximum Gasteiger partial charge on any atom is 0.255 e. The van der Waals surface area contributed by atoms with Crippen LogP contribution in [0.25, 0.3) is 0 Å². The highest BCUT2D eigenvalue weighted by Crippen LogP contribution is 2.20. The molecule has 0 aliphatic heterocycles. The lowest BCUT2D eigenvalue weighted by Crippen LogP contribution is -2.26. The van der Waals surface area contributed by atoms with Gasteiger partial charge in [-0.1, -0.05) is 42.8 Å². The summed E-state index contributed by atoms with van der Waals surface area (Å²) < 4.78 is 0.839. The molecule has 2 rings (SSSR count). The van der Waals surface area contributed by atoms with Crippen molar-refractivity contribution in [2.75, 3.05) is 7.05 Å².